The predicted molar refractivity (Wildman–Crippen MR) is 74.8 cm³/mol. The molecule has 6 nitrogen and oxygen atoms in total. The second kappa shape index (κ2) is 6.02. The van der Waals surface area contributed by atoms with Gasteiger partial charge in [-0.05, 0) is 38.0 Å². The standard InChI is InChI=1S/C15H24N2O4/c1-10-3-6-15(19-2,7-4-10)14-16-13(21-17-14)11-9-20-8-5-12(11)18/h10-12,18H,3-9H2,1-2H3. The molecule has 0 aromatic carbocycles. The van der Waals surface area contributed by atoms with E-state index in [1.165, 1.54) is 0 Å². The van der Waals surface area contributed by atoms with Gasteiger partial charge >= 0.3 is 0 Å². The maximum absolute atomic E-state index is 10.1. The molecule has 0 bridgehead atoms. The van der Waals surface area contributed by atoms with E-state index in [4.69, 9.17) is 14.0 Å². The van der Waals surface area contributed by atoms with Crippen LogP contribution in [0.5, 0.6) is 0 Å². The lowest BCUT2D eigenvalue weighted by atomic mass is 9.79. The fraction of sp³-hybridized carbons (Fsp3) is 0.867. The van der Waals surface area contributed by atoms with Gasteiger partial charge < -0.3 is 19.1 Å². The van der Waals surface area contributed by atoms with E-state index < -0.39 is 11.7 Å². The van der Waals surface area contributed by atoms with Crippen molar-refractivity contribution >= 4 is 0 Å². The molecular formula is C15H24N2O4. The highest BCUT2D eigenvalue weighted by atomic mass is 16.5. The molecule has 6 heteroatoms. The van der Waals surface area contributed by atoms with Gasteiger partial charge in [0.1, 0.15) is 5.60 Å². The zero-order valence-electron chi connectivity index (χ0n) is 12.7. The Morgan fingerprint density at radius 2 is 2.05 bits per heavy atom. The number of hydrogen-bond donors (Lipinski definition) is 1. The van der Waals surface area contributed by atoms with Crippen molar-refractivity contribution in [1.82, 2.24) is 10.1 Å². The summed E-state index contributed by atoms with van der Waals surface area (Å²) in [6.45, 7) is 3.27. The van der Waals surface area contributed by atoms with Crippen LogP contribution in [0.1, 0.15) is 56.7 Å². The number of methoxy groups -OCH3 is 1. The molecule has 0 radical (unpaired) electrons. The minimum atomic E-state index is -0.475. The highest BCUT2D eigenvalue weighted by Gasteiger charge is 2.41. The van der Waals surface area contributed by atoms with Crippen LogP contribution in [-0.2, 0) is 15.1 Å². The maximum Gasteiger partial charge on any atom is 0.234 e. The Kier molecular flexibility index (Phi) is 4.28. The zero-order valence-corrected chi connectivity index (χ0v) is 12.7. The van der Waals surface area contributed by atoms with Crippen LogP contribution in [-0.4, -0.2) is 41.7 Å². The van der Waals surface area contributed by atoms with Crippen molar-refractivity contribution in [1.29, 1.82) is 0 Å². The molecule has 21 heavy (non-hydrogen) atoms. The minimum absolute atomic E-state index is 0.226. The van der Waals surface area contributed by atoms with Crippen LogP contribution >= 0.6 is 0 Å². The molecule has 2 atom stereocenters. The van der Waals surface area contributed by atoms with Gasteiger partial charge in [0.25, 0.3) is 0 Å². The summed E-state index contributed by atoms with van der Waals surface area (Å²) in [5, 5.41) is 14.2. The number of aliphatic hydroxyl groups is 1. The first-order valence-corrected chi connectivity index (χ1v) is 7.79. The Balaban J connectivity index is 1.80. The van der Waals surface area contributed by atoms with Crippen molar-refractivity contribution in [2.75, 3.05) is 20.3 Å². The fourth-order valence-corrected chi connectivity index (χ4v) is 3.28. The smallest absolute Gasteiger partial charge is 0.234 e. The average molecular weight is 296 g/mol. The number of aromatic nitrogens is 2. The van der Waals surface area contributed by atoms with Gasteiger partial charge in [0, 0.05) is 13.7 Å². The molecule has 0 spiro atoms. The molecular weight excluding hydrogens is 272 g/mol. The normalized spacial score (nSPS) is 37.6. The summed E-state index contributed by atoms with van der Waals surface area (Å²) in [6, 6.07) is 0. The van der Waals surface area contributed by atoms with Crippen LogP contribution in [0, 0.1) is 5.92 Å². The van der Waals surface area contributed by atoms with Crippen molar-refractivity contribution in [3.8, 4) is 0 Å². The third-order valence-electron chi connectivity index (χ3n) is 4.96. The van der Waals surface area contributed by atoms with Crippen molar-refractivity contribution in [2.45, 2.75) is 56.7 Å². The third-order valence-corrected chi connectivity index (χ3v) is 4.96. The summed E-state index contributed by atoms with van der Waals surface area (Å²) in [7, 11) is 1.71. The summed E-state index contributed by atoms with van der Waals surface area (Å²) in [5.41, 5.74) is -0.436. The quantitative estimate of drug-likeness (QED) is 0.919. The van der Waals surface area contributed by atoms with Gasteiger partial charge in [-0.2, -0.15) is 4.98 Å². The van der Waals surface area contributed by atoms with Gasteiger partial charge in [-0.15, -0.1) is 0 Å². The van der Waals surface area contributed by atoms with Gasteiger partial charge in [-0.3, -0.25) is 0 Å². The molecule has 3 rings (SSSR count). The second-order valence-corrected chi connectivity index (χ2v) is 6.37. The lowest BCUT2D eigenvalue weighted by Gasteiger charge is -2.35. The number of ether oxygens (including phenoxy) is 2. The van der Waals surface area contributed by atoms with Crippen molar-refractivity contribution in [3.63, 3.8) is 0 Å². The number of rotatable bonds is 3. The second-order valence-electron chi connectivity index (χ2n) is 6.37. The summed E-state index contributed by atoms with van der Waals surface area (Å²) < 4.78 is 16.6. The molecule has 2 fully saturated rings. The molecule has 2 heterocycles. The molecule has 118 valence electrons. The van der Waals surface area contributed by atoms with E-state index in [9.17, 15) is 5.11 Å². The van der Waals surface area contributed by atoms with Gasteiger partial charge in [-0.25, -0.2) is 0 Å². The van der Waals surface area contributed by atoms with Crippen LogP contribution in [0.2, 0.25) is 0 Å². The molecule has 1 aliphatic heterocycles. The maximum atomic E-state index is 10.1. The van der Waals surface area contributed by atoms with Crippen LogP contribution < -0.4 is 0 Å². The average Bonchev–Trinajstić information content (AvgIpc) is 2.99. The summed E-state index contributed by atoms with van der Waals surface area (Å²) in [5.74, 6) is 1.57. The third kappa shape index (κ3) is 2.84. The van der Waals surface area contributed by atoms with Crippen molar-refractivity contribution < 1.29 is 19.1 Å². The molecule has 1 N–H and O–H groups in total. The number of aliphatic hydroxyl groups excluding tert-OH is 1. The first-order valence-electron chi connectivity index (χ1n) is 7.79. The molecule has 1 saturated carbocycles. The fourth-order valence-electron chi connectivity index (χ4n) is 3.28. The van der Waals surface area contributed by atoms with Gasteiger partial charge in [-0.1, -0.05) is 12.1 Å². The molecule has 1 aromatic heterocycles. The van der Waals surface area contributed by atoms with Gasteiger partial charge in [0.05, 0.1) is 18.6 Å². The van der Waals surface area contributed by atoms with E-state index >= 15 is 0 Å². The number of nitrogens with zero attached hydrogens (tertiary/aromatic N) is 2. The van der Waals surface area contributed by atoms with E-state index in [0.717, 1.165) is 25.7 Å². The Labute approximate surface area is 124 Å². The van der Waals surface area contributed by atoms with Crippen molar-refractivity contribution in [2.24, 2.45) is 5.92 Å². The Hall–Kier alpha value is -0.980. The number of hydrogen-bond acceptors (Lipinski definition) is 6. The zero-order chi connectivity index (χ0) is 14.9. The summed E-state index contributed by atoms with van der Waals surface area (Å²) >= 11 is 0. The van der Waals surface area contributed by atoms with E-state index in [1.807, 2.05) is 0 Å². The largest absolute Gasteiger partial charge is 0.392 e. The monoisotopic (exact) mass is 296 g/mol. The SMILES string of the molecule is COC1(c2noc(C3COCCC3O)n2)CCC(C)CC1. The Bertz CT molecular complexity index is 468. The molecule has 0 amide bonds. The lowest BCUT2D eigenvalue weighted by Crippen LogP contribution is -2.34. The van der Waals surface area contributed by atoms with E-state index in [0.29, 0.717) is 37.3 Å². The highest BCUT2D eigenvalue weighted by molar-refractivity contribution is 5.07. The molecule has 1 aliphatic carbocycles. The van der Waals surface area contributed by atoms with Crippen LogP contribution in [0.4, 0.5) is 0 Å². The van der Waals surface area contributed by atoms with Crippen LogP contribution in [0.25, 0.3) is 0 Å². The topological polar surface area (TPSA) is 77.6 Å². The first kappa shape index (κ1) is 14.9. The van der Waals surface area contributed by atoms with Crippen molar-refractivity contribution in [3.05, 3.63) is 11.7 Å². The summed E-state index contributed by atoms with van der Waals surface area (Å²) in [6.07, 6.45) is 4.16. The minimum Gasteiger partial charge on any atom is -0.392 e. The predicted octanol–water partition coefficient (Wildman–Crippen LogP) is 1.99. The van der Waals surface area contributed by atoms with E-state index in [1.54, 1.807) is 7.11 Å². The van der Waals surface area contributed by atoms with E-state index in [2.05, 4.69) is 17.1 Å². The Morgan fingerprint density at radius 3 is 2.71 bits per heavy atom. The van der Waals surface area contributed by atoms with Crippen LogP contribution in [0.15, 0.2) is 4.52 Å². The van der Waals surface area contributed by atoms with E-state index in [-0.39, 0.29) is 5.92 Å². The van der Waals surface area contributed by atoms with Gasteiger partial charge in [0.15, 0.2) is 0 Å². The van der Waals surface area contributed by atoms with Crippen LogP contribution in [0.3, 0.4) is 0 Å². The molecule has 1 saturated heterocycles. The molecule has 2 aliphatic rings. The molecule has 1 aromatic rings. The summed E-state index contributed by atoms with van der Waals surface area (Å²) in [4.78, 5) is 4.53. The first-order chi connectivity index (χ1) is 10.1. The Morgan fingerprint density at radius 1 is 1.29 bits per heavy atom. The lowest BCUT2D eigenvalue weighted by molar-refractivity contribution is -0.0609. The van der Waals surface area contributed by atoms with Gasteiger partial charge in [0.2, 0.25) is 11.7 Å². The molecule has 2 unspecified atom stereocenters. The highest BCUT2D eigenvalue weighted by Crippen LogP contribution is 2.41.